The van der Waals surface area contributed by atoms with Crippen molar-refractivity contribution in [2.45, 2.75) is 13.1 Å². The van der Waals surface area contributed by atoms with Gasteiger partial charge in [0.15, 0.2) is 0 Å². The lowest BCUT2D eigenvalue weighted by Crippen LogP contribution is -2.26. The maximum Gasteiger partial charge on any atom is 0.416 e. The van der Waals surface area contributed by atoms with E-state index in [0.29, 0.717) is 16.8 Å². The number of nitrogens with one attached hydrogen (secondary N) is 2. The Bertz CT molecular complexity index is 1030. The predicted octanol–water partition coefficient (Wildman–Crippen LogP) is 4.02. The highest BCUT2D eigenvalue weighted by Gasteiger charge is 2.30. The van der Waals surface area contributed by atoms with E-state index < -0.39 is 23.2 Å². The second-order valence-corrected chi connectivity index (χ2v) is 5.78. The summed E-state index contributed by atoms with van der Waals surface area (Å²) in [5.41, 5.74) is -0.102. The van der Waals surface area contributed by atoms with E-state index in [1.807, 2.05) is 0 Å². The van der Waals surface area contributed by atoms with Crippen LogP contribution in [0.5, 0.6) is 0 Å². The lowest BCUT2D eigenvalue weighted by Gasteiger charge is -2.12. The van der Waals surface area contributed by atoms with Crippen LogP contribution in [0.4, 0.5) is 18.9 Å². The summed E-state index contributed by atoms with van der Waals surface area (Å²) >= 11 is 0. The van der Waals surface area contributed by atoms with Gasteiger partial charge in [0.05, 0.1) is 11.3 Å². The molecule has 0 saturated carbocycles. The summed E-state index contributed by atoms with van der Waals surface area (Å²) in [7, 11) is 0. The number of aryl methyl sites for hydroxylation is 1. The number of aromatic amines is 1. The Morgan fingerprint density at radius 3 is 2.26 bits per heavy atom. The molecule has 0 saturated heterocycles. The van der Waals surface area contributed by atoms with Crippen LogP contribution in [0.15, 0.2) is 59.4 Å². The first-order chi connectivity index (χ1) is 12.8. The van der Waals surface area contributed by atoms with Crippen molar-refractivity contribution in [1.29, 1.82) is 0 Å². The van der Waals surface area contributed by atoms with E-state index >= 15 is 0 Å². The third kappa shape index (κ3) is 3.89. The van der Waals surface area contributed by atoms with E-state index in [-0.39, 0.29) is 11.3 Å². The van der Waals surface area contributed by atoms with Gasteiger partial charge in [0, 0.05) is 11.3 Å². The number of carbonyl (C=O) groups excluding carboxylic acids is 1. The predicted molar refractivity (Wildman–Crippen MR) is 94.4 cm³/mol. The number of hydrogen-bond acceptors (Lipinski definition) is 3. The van der Waals surface area contributed by atoms with E-state index in [1.165, 1.54) is 0 Å². The fourth-order valence-corrected chi connectivity index (χ4v) is 2.65. The summed E-state index contributed by atoms with van der Waals surface area (Å²) < 4.78 is 37.9. The quantitative estimate of drug-likeness (QED) is 0.728. The van der Waals surface area contributed by atoms with Gasteiger partial charge < -0.3 is 5.32 Å². The molecule has 0 fully saturated rings. The van der Waals surface area contributed by atoms with Gasteiger partial charge in [0.25, 0.3) is 11.5 Å². The Hall–Kier alpha value is -3.42. The van der Waals surface area contributed by atoms with Crippen molar-refractivity contribution in [3.05, 3.63) is 81.8 Å². The number of carbonyl (C=O) groups is 1. The van der Waals surface area contributed by atoms with Gasteiger partial charge in [-0.05, 0) is 36.8 Å². The van der Waals surface area contributed by atoms with Crippen LogP contribution in [-0.2, 0) is 6.18 Å². The smallest absolute Gasteiger partial charge is 0.322 e. The monoisotopic (exact) mass is 373 g/mol. The van der Waals surface area contributed by atoms with Crippen LogP contribution in [0.25, 0.3) is 11.1 Å². The zero-order valence-corrected chi connectivity index (χ0v) is 14.1. The first kappa shape index (κ1) is 18.4. The molecule has 0 bridgehead atoms. The average Bonchev–Trinajstić information content (AvgIpc) is 2.63. The first-order valence-corrected chi connectivity index (χ1v) is 7.90. The van der Waals surface area contributed by atoms with Gasteiger partial charge in [-0.2, -0.15) is 18.3 Å². The molecule has 3 rings (SSSR count). The van der Waals surface area contributed by atoms with E-state index in [2.05, 4.69) is 15.5 Å². The number of alkyl halides is 3. The number of H-pyrrole nitrogens is 1. The second kappa shape index (κ2) is 7.06. The molecule has 1 amide bonds. The van der Waals surface area contributed by atoms with Gasteiger partial charge in [-0.25, -0.2) is 5.10 Å². The summed E-state index contributed by atoms with van der Waals surface area (Å²) in [6.45, 7) is 1.65. The van der Waals surface area contributed by atoms with Crippen LogP contribution in [-0.4, -0.2) is 16.1 Å². The molecule has 27 heavy (non-hydrogen) atoms. The topological polar surface area (TPSA) is 74.8 Å². The zero-order valence-electron chi connectivity index (χ0n) is 14.1. The largest absolute Gasteiger partial charge is 0.416 e. The third-order valence-electron chi connectivity index (χ3n) is 3.92. The van der Waals surface area contributed by atoms with E-state index in [1.54, 1.807) is 37.3 Å². The maximum atomic E-state index is 12.7. The van der Waals surface area contributed by atoms with Crippen molar-refractivity contribution in [2.24, 2.45) is 0 Å². The highest BCUT2D eigenvalue weighted by atomic mass is 19.4. The minimum Gasteiger partial charge on any atom is -0.322 e. The standard InChI is InChI=1S/C19H14F3N3O2/c1-11-15(12-5-3-2-4-6-12)16(18(27)25-24-11)17(26)23-14-9-7-13(8-10-14)19(20,21)22/h2-10H,1H3,(H,23,26)(H,25,27). The Morgan fingerprint density at radius 2 is 1.67 bits per heavy atom. The summed E-state index contributed by atoms with van der Waals surface area (Å²) in [5.74, 6) is -0.736. The van der Waals surface area contributed by atoms with Gasteiger partial charge in [0.2, 0.25) is 0 Å². The highest BCUT2D eigenvalue weighted by Crippen LogP contribution is 2.30. The molecular weight excluding hydrogens is 359 g/mol. The minimum atomic E-state index is -4.47. The molecule has 1 heterocycles. The average molecular weight is 373 g/mol. The summed E-state index contributed by atoms with van der Waals surface area (Å²) in [5, 5.41) is 8.62. The molecule has 5 nitrogen and oxygen atoms in total. The van der Waals surface area contributed by atoms with Crippen molar-refractivity contribution in [2.75, 3.05) is 5.32 Å². The van der Waals surface area contributed by atoms with E-state index in [4.69, 9.17) is 0 Å². The fraction of sp³-hybridized carbons (Fsp3) is 0.105. The van der Waals surface area contributed by atoms with Crippen LogP contribution in [0.1, 0.15) is 21.6 Å². The SMILES string of the molecule is Cc1n[nH]c(=O)c(C(=O)Nc2ccc(C(F)(F)F)cc2)c1-c1ccccc1. The van der Waals surface area contributed by atoms with Gasteiger partial charge in [-0.15, -0.1) is 0 Å². The molecule has 0 spiro atoms. The van der Waals surface area contributed by atoms with Gasteiger partial charge in [-0.3, -0.25) is 9.59 Å². The van der Waals surface area contributed by atoms with Gasteiger partial charge in [0.1, 0.15) is 5.56 Å². The van der Waals surface area contributed by atoms with Gasteiger partial charge >= 0.3 is 6.18 Å². The van der Waals surface area contributed by atoms with Crippen LogP contribution >= 0.6 is 0 Å². The Kier molecular flexibility index (Phi) is 4.81. The molecule has 2 N–H and O–H groups in total. The van der Waals surface area contributed by atoms with Crippen molar-refractivity contribution in [1.82, 2.24) is 10.2 Å². The van der Waals surface area contributed by atoms with Crippen LogP contribution in [0.3, 0.4) is 0 Å². The Balaban J connectivity index is 1.98. The van der Waals surface area contributed by atoms with Crippen LogP contribution < -0.4 is 10.9 Å². The number of nitrogens with zero attached hydrogens (tertiary/aromatic N) is 1. The Labute approximate surface area is 151 Å². The summed E-state index contributed by atoms with van der Waals surface area (Å²) in [4.78, 5) is 24.9. The first-order valence-electron chi connectivity index (χ1n) is 7.90. The summed E-state index contributed by atoms with van der Waals surface area (Å²) in [6.07, 6.45) is -4.47. The second-order valence-electron chi connectivity index (χ2n) is 5.78. The molecule has 0 radical (unpaired) electrons. The fourth-order valence-electron chi connectivity index (χ4n) is 2.65. The molecule has 1 aromatic heterocycles. The molecule has 138 valence electrons. The zero-order chi connectivity index (χ0) is 19.6. The molecule has 0 aliphatic heterocycles. The number of rotatable bonds is 3. The number of amides is 1. The molecule has 8 heteroatoms. The summed E-state index contributed by atoms with van der Waals surface area (Å²) in [6, 6.07) is 12.8. The molecule has 0 unspecified atom stereocenters. The normalized spacial score (nSPS) is 11.3. The van der Waals surface area contributed by atoms with E-state index in [0.717, 1.165) is 24.3 Å². The molecular formula is C19H14F3N3O2. The number of halogens is 3. The molecule has 0 aliphatic carbocycles. The lowest BCUT2D eigenvalue weighted by molar-refractivity contribution is -0.137. The molecule has 3 aromatic rings. The molecule has 0 aliphatic rings. The minimum absolute atomic E-state index is 0.140. The highest BCUT2D eigenvalue weighted by molar-refractivity contribution is 6.08. The molecule has 2 aromatic carbocycles. The van der Waals surface area contributed by atoms with Crippen LogP contribution in [0.2, 0.25) is 0 Å². The molecule has 0 atom stereocenters. The number of benzene rings is 2. The number of aromatic nitrogens is 2. The van der Waals surface area contributed by atoms with E-state index in [9.17, 15) is 22.8 Å². The van der Waals surface area contributed by atoms with Gasteiger partial charge in [-0.1, -0.05) is 30.3 Å². The van der Waals surface area contributed by atoms with Crippen molar-refractivity contribution in [3.8, 4) is 11.1 Å². The Morgan fingerprint density at radius 1 is 1.04 bits per heavy atom. The van der Waals surface area contributed by atoms with Crippen LogP contribution in [0, 0.1) is 6.92 Å². The van der Waals surface area contributed by atoms with Crippen molar-refractivity contribution < 1.29 is 18.0 Å². The van der Waals surface area contributed by atoms with Crippen molar-refractivity contribution in [3.63, 3.8) is 0 Å². The number of anilines is 1. The number of hydrogen-bond donors (Lipinski definition) is 2. The maximum absolute atomic E-state index is 12.7. The lowest BCUT2D eigenvalue weighted by atomic mass is 9.99. The van der Waals surface area contributed by atoms with Crippen molar-refractivity contribution >= 4 is 11.6 Å². The third-order valence-corrected chi connectivity index (χ3v) is 3.92.